The van der Waals surface area contributed by atoms with Gasteiger partial charge in [0.25, 0.3) is 0 Å². The number of benzene rings is 1. The van der Waals surface area contributed by atoms with E-state index in [1.807, 2.05) is 29.6 Å². The summed E-state index contributed by atoms with van der Waals surface area (Å²) < 4.78 is 5.20. The zero-order valence-corrected chi connectivity index (χ0v) is 15.4. The molecule has 3 rings (SSSR count). The van der Waals surface area contributed by atoms with Crippen LogP contribution in [0.4, 0.5) is 0 Å². The molecule has 1 aromatic carbocycles. The van der Waals surface area contributed by atoms with Crippen LogP contribution in [0.3, 0.4) is 0 Å². The molecule has 1 aliphatic rings. The molecule has 0 atom stereocenters. The third kappa shape index (κ3) is 5.56. The molecule has 0 unspecified atom stereocenters. The quantitative estimate of drug-likeness (QED) is 0.823. The van der Waals surface area contributed by atoms with Crippen LogP contribution in [0, 0.1) is 0 Å². The number of carbonyl (C=O) groups excluding carboxylic acids is 1. The van der Waals surface area contributed by atoms with Gasteiger partial charge in [0.2, 0.25) is 5.91 Å². The van der Waals surface area contributed by atoms with Gasteiger partial charge < -0.3 is 10.1 Å². The number of ether oxygens (including phenoxy) is 1. The van der Waals surface area contributed by atoms with Gasteiger partial charge in [0.05, 0.1) is 20.2 Å². The lowest BCUT2D eigenvalue weighted by atomic mass is 10.2. The number of piperazine rings is 1. The van der Waals surface area contributed by atoms with Gasteiger partial charge in [-0.25, -0.2) is 0 Å². The molecule has 0 aliphatic carbocycles. The third-order valence-corrected chi connectivity index (χ3v) is 5.31. The van der Waals surface area contributed by atoms with Crippen molar-refractivity contribution in [2.45, 2.75) is 13.1 Å². The van der Waals surface area contributed by atoms with Crippen LogP contribution in [-0.4, -0.2) is 55.5 Å². The Kier molecular flexibility index (Phi) is 6.44. The monoisotopic (exact) mass is 359 g/mol. The van der Waals surface area contributed by atoms with Gasteiger partial charge in [-0.15, -0.1) is 11.3 Å². The summed E-state index contributed by atoms with van der Waals surface area (Å²) in [4.78, 5) is 17.9. The lowest BCUT2D eigenvalue weighted by molar-refractivity contribution is -0.122. The van der Waals surface area contributed by atoms with Gasteiger partial charge in [-0.05, 0) is 29.1 Å². The number of nitrogens with one attached hydrogen (secondary N) is 1. The Labute approximate surface area is 153 Å². The van der Waals surface area contributed by atoms with Gasteiger partial charge >= 0.3 is 0 Å². The molecule has 1 N–H and O–H groups in total. The standard InChI is InChI=1S/C19H25N3O2S/c1-24-17-6-4-16(5-7-17)14-21-8-10-22(11-9-21)15-19(23)20-13-18-3-2-12-25-18/h2-7,12H,8-11,13-15H2,1H3,(H,20,23). The van der Waals surface area contributed by atoms with Gasteiger partial charge in [-0.2, -0.15) is 0 Å². The molecule has 1 aromatic heterocycles. The zero-order valence-electron chi connectivity index (χ0n) is 14.6. The molecule has 0 radical (unpaired) electrons. The number of rotatable bonds is 7. The van der Waals surface area contributed by atoms with Crippen LogP contribution in [0.2, 0.25) is 0 Å². The van der Waals surface area contributed by atoms with Gasteiger partial charge in [0.15, 0.2) is 0 Å². The Bertz CT molecular complexity index is 650. The van der Waals surface area contributed by atoms with E-state index in [-0.39, 0.29) is 5.91 Å². The van der Waals surface area contributed by atoms with Gasteiger partial charge in [0.1, 0.15) is 5.75 Å². The van der Waals surface area contributed by atoms with Crippen molar-refractivity contribution >= 4 is 17.2 Å². The third-order valence-electron chi connectivity index (χ3n) is 4.44. The van der Waals surface area contributed by atoms with Crippen LogP contribution in [0.1, 0.15) is 10.4 Å². The maximum Gasteiger partial charge on any atom is 0.234 e. The Morgan fingerprint density at radius 1 is 1.12 bits per heavy atom. The van der Waals surface area contributed by atoms with Crippen LogP contribution in [0.5, 0.6) is 5.75 Å². The second-order valence-corrected chi connectivity index (χ2v) is 7.29. The minimum Gasteiger partial charge on any atom is -0.497 e. The first kappa shape index (κ1) is 17.9. The molecule has 134 valence electrons. The number of thiophene rings is 1. The van der Waals surface area contributed by atoms with Crippen molar-refractivity contribution in [1.29, 1.82) is 0 Å². The summed E-state index contributed by atoms with van der Waals surface area (Å²) in [6.07, 6.45) is 0. The second-order valence-electron chi connectivity index (χ2n) is 6.26. The summed E-state index contributed by atoms with van der Waals surface area (Å²) in [6, 6.07) is 12.3. The first-order valence-electron chi connectivity index (χ1n) is 8.59. The fourth-order valence-electron chi connectivity index (χ4n) is 2.95. The second kappa shape index (κ2) is 8.99. The Morgan fingerprint density at radius 3 is 2.48 bits per heavy atom. The van der Waals surface area contributed by atoms with Crippen molar-refractivity contribution in [3.8, 4) is 5.75 Å². The molecule has 1 aliphatic heterocycles. The van der Waals surface area contributed by atoms with E-state index in [4.69, 9.17) is 4.74 Å². The van der Waals surface area contributed by atoms with Gasteiger partial charge in [0, 0.05) is 37.6 Å². The summed E-state index contributed by atoms with van der Waals surface area (Å²) in [5.74, 6) is 0.999. The maximum atomic E-state index is 12.1. The van der Waals surface area contributed by atoms with Crippen molar-refractivity contribution in [3.05, 3.63) is 52.2 Å². The molecule has 0 bridgehead atoms. The molecule has 25 heavy (non-hydrogen) atoms. The first-order chi connectivity index (χ1) is 12.2. The number of methoxy groups -OCH3 is 1. The zero-order chi connectivity index (χ0) is 17.5. The largest absolute Gasteiger partial charge is 0.497 e. The van der Waals surface area contributed by atoms with Crippen molar-refractivity contribution in [2.24, 2.45) is 0 Å². The van der Waals surface area contributed by atoms with Crippen molar-refractivity contribution in [2.75, 3.05) is 39.8 Å². The molecule has 6 heteroatoms. The lowest BCUT2D eigenvalue weighted by Crippen LogP contribution is -2.49. The van der Waals surface area contributed by atoms with E-state index in [1.54, 1.807) is 18.4 Å². The fourth-order valence-corrected chi connectivity index (χ4v) is 3.60. The topological polar surface area (TPSA) is 44.8 Å². The number of hydrogen-bond acceptors (Lipinski definition) is 5. The molecule has 2 heterocycles. The molecule has 0 saturated carbocycles. The summed E-state index contributed by atoms with van der Waals surface area (Å²) in [5.41, 5.74) is 1.29. The highest BCUT2D eigenvalue weighted by molar-refractivity contribution is 7.09. The van der Waals surface area contributed by atoms with E-state index in [0.717, 1.165) is 38.5 Å². The number of amides is 1. The fraction of sp³-hybridized carbons (Fsp3) is 0.421. The summed E-state index contributed by atoms with van der Waals surface area (Å²) >= 11 is 1.67. The van der Waals surface area contributed by atoms with Crippen molar-refractivity contribution in [3.63, 3.8) is 0 Å². The van der Waals surface area contributed by atoms with Crippen LogP contribution in [-0.2, 0) is 17.9 Å². The average Bonchev–Trinajstić information content (AvgIpc) is 3.16. The van der Waals surface area contributed by atoms with Crippen LogP contribution < -0.4 is 10.1 Å². The minimum atomic E-state index is 0.108. The lowest BCUT2D eigenvalue weighted by Gasteiger charge is -2.34. The molecule has 2 aromatic rings. The highest BCUT2D eigenvalue weighted by atomic mass is 32.1. The summed E-state index contributed by atoms with van der Waals surface area (Å²) in [5, 5.41) is 5.03. The average molecular weight is 359 g/mol. The van der Waals surface area contributed by atoms with Crippen molar-refractivity contribution < 1.29 is 9.53 Å². The van der Waals surface area contributed by atoms with Crippen molar-refractivity contribution in [1.82, 2.24) is 15.1 Å². The van der Waals surface area contributed by atoms with E-state index >= 15 is 0 Å². The molecule has 0 spiro atoms. The van der Waals surface area contributed by atoms with E-state index in [1.165, 1.54) is 10.4 Å². The Hall–Kier alpha value is -1.89. The van der Waals surface area contributed by atoms with Gasteiger partial charge in [-0.3, -0.25) is 14.6 Å². The number of nitrogens with zero attached hydrogens (tertiary/aromatic N) is 2. The van der Waals surface area contributed by atoms with Crippen LogP contribution in [0.15, 0.2) is 41.8 Å². The number of carbonyl (C=O) groups is 1. The summed E-state index contributed by atoms with van der Waals surface area (Å²) in [7, 11) is 1.69. The van der Waals surface area contributed by atoms with Crippen LogP contribution >= 0.6 is 11.3 Å². The van der Waals surface area contributed by atoms with E-state index in [9.17, 15) is 4.79 Å². The van der Waals surface area contributed by atoms with Crippen LogP contribution in [0.25, 0.3) is 0 Å². The maximum absolute atomic E-state index is 12.1. The van der Waals surface area contributed by atoms with E-state index < -0.39 is 0 Å². The Morgan fingerprint density at radius 2 is 1.84 bits per heavy atom. The predicted molar refractivity (Wildman–Crippen MR) is 101 cm³/mol. The molecule has 1 fully saturated rings. The smallest absolute Gasteiger partial charge is 0.234 e. The minimum absolute atomic E-state index is 0.108. The normalized spacial score (nSPS) is 15.9. The molecular weight excluding hydrogens is 334 g/mol. The molecule has 1 saturated heterocycles. The molecular formula is C19H25N3O2S. The predicted octanol–water partition coefficient (Wildman–Crippen LogP) is 2.19. The van der Waals surface area contributed by atoms with E-state index in [0.29, 0.717) is 13.1 Å². The Balaban J connectivity index is 1.37. The summed E-state index contributed by atoms with van der Waals surface area (Å²) in [6.45, 7) is 5.91. The highest BCUT2D eigenvalue weighted by Crippen LogP contribution is 2.14. The van der Waals surface area contributed by atoms with E-state index in [2.05, 4.69) is 27.2 Å². The first-order valence-corrected chi connectivity index (χ1v) is 9.47. The molecule has 1 amide bonds. The number of hydrogen-bond donors (Lipinski definition) is 1. The highest BCUT2D eigenvalue weighted by Gasteiger charge is 2.19. The van der Waals surface area contributed by atoms with Gasteiger partial charge in [-0.1, -0.05) is 18.2 Å². The molecule has 5 nitrogen and oxygen atoms in total. The SMILES string of the molecule is COc1ccc(CN2CCN(CC(=O)NCc3cccs3)CC2)cc1.